The molecule has 0 spiro atoms. The van der Waals surface area contributed by atoms with Gasteiger partial charge >= 0.3 is 0 Å². The summed E-state index contributed by atoms with van der Waals surface area (Å²) in [6.45, 7) is 8.81. The van der Waals surface area contributed by atoms with Crippen LogP contribution < -0.4 is 4.57 Å². The molecule has 4 aromatic rings. The van der Waals surface area contributed by atoms with Gasteiger partial charge in [-0.15, -0.1) is 11.3 Å². The highest BCUT2D eigenvalue weighted by Crippen LogP contribution is 2.42. The number of hydrogen-bond acceptors (Lipinski definition) is 3. The van der Waals surface area contributed by atoms with Gasteiger partial charge in [0, 0.05) is 34.8 Å². The Balaban J connectivity index is 1.92. The molecule has 0 amide bonds. The van der Waals surface area contributed by atoms with E-state index in [1.165, 1.54) is 48.8 Å². The van der Waals surface area contributed by atoms with Gasteiger partial charge in [0.15, 0.2) is 5.69 Å². The number of fused-ring (bicyclic) bond motifs is 4. The van der Waals surface area contributed by atoms with Crippen molar-refractivity contribution >= 4 is 21.6 Å². The van der Waals surface area contributed by atoms with Crippen LogP contribution >= 0.6 is 11.3 Å². The van der Waals surface area contributed by atoms with E-state index in [4.69, 9.17) is 4.98 Å². The van der Waals surface area contributed by atoms with Gasteiger partial charge in [0.1, 0.15) is 10.5 Å². The van der Waals surface area contributed by atoms with Crippen LogP contribution in [-0.4, -0.2) is 14.5 Å². The Morgan fingerprint density at radius 2 is 1.92 bits per heavy atom. The minimum Gasteiger partial charge on any atom is -0.303 e. The summed E-state index contributed by atoms with van der Waals surface area (Å²) in [5.41, 5.74) is 10.4. The fourth-order valence-corrected chi connectivity index (χ4v) is 5.29. The number of aryl methyl sites for hydroxylation is 4. The summed E-state index contributed by atoms with van der Waals surface area (Å²) < 4.78 is 5.69. The lowest BCUT2D eigenvalue weighted by atomic mass is 9.92. The molecule has 0 N–H and O–H groups in total. The summed E-state index contributed by atoms with van der Waals surface area (Å²) in [7, 11) is 2.10. The molecule has 3 aromatic heterocycles. The average Bonchev–Trinajstić information content (AvgIpc) is 3.26. The number of aromatic nitrogens is 4. The Labute approximate surface area is 156 Å². The fraction of sp³-hybridized carbons (Fsp3) is 0.286. The maximum atomic E-state index is 4.72. The van der Waals surface area contributed by atoms with Crippen LogP contribution in [0.2, 0.25) is 0 Å². The molecule has 0 unspecified atom stereocenters. The lowest BCUT2D eigenvalue weighted by Crippen LogP contribution is -2.32. The first-order valence-electron chi connectivity index (χ1n) is 8.87. The van der Waals surface area contributed by atoms with Gasteiger partial charge in [-0.25, -0.2) is 9.55 Å². The SMILES string of the molecule is Cc1cc2c(c(-c3c4sc(C)c(C)c4nc[n+]3C)c1C)Cc1nccn1-2. The van der Waals surface area contributed by atoms with Crippen LogP contribution in [0.1, 0.15) is 33.0 Å². The predicted octanol–water partition coefficient (Wildman–Crippen LogP) is 4.11. The van der Waals surface area contributed by atoms with E-state index in [1.807, 2.05) is 23.9 Å². The van der Waals surface area contributed by atoms with Crippen molar-refractivity contribution in [2.45, 2.75) is 34.1 Å². The third-order valence-corrected chi connectivity index (χ3v) is 6.96. The Bertz CT molecular complexity index is 1210. The Kier molecular flexibility index (Phi) is 3.16. The fourth-order valence-electron chi connectivity index (χ4n) is 4.09. The molecule has 26 heavy (non-hydrogen) atoms. The monoisotopic (exact) mass is 361 g/mol. The van der Waals surface area contributed by atoms with Crippen LogP contribution in [0.15, 0.2) is 24.8 Å². The highest BCUT2D eigenvalue weighted by atomic mass is 32.1. The van der Waals surface area contributed by atoms with E-state index in [2.05, 4.69) is 61.1 Å². The normalized spacial score (nSPS) is 12.7. The maximum Gasteiger partial charge on any atom is 0.287 e. The molecule has 5 rings (SSSR count). The number of nitrogens with zero attached hydrogens (tertiary/aromatic N) is 4. The van der Waals surface area contributed by atoms with Gasteiger partial charge < -0.3 is 4.57 Å². The highest BCUT2D eigenvalue weighted by molar-refractivity contribution is 7.19. The number of rotatable bonds is 1. The molecule has 0 aliphatic carbocycles. The van der Waals surface area contributed by atoms with Crippen molar-refractivity contribution in [2.24, 2.45) is 7.05 Å². The molecule has 0 saturated carbocycles. The van der Waals surface area contributed by atoms with Crippen molar-refractivity contribution in [1.29, 1.82) is 0 Å². The van der Waals surface area contributed by atoms with E-state index in [-0.39, 0.29) is 0 Å². The van der Waals surface area contributed by atoms with E-state index in [9.17, 15) is 0 Å². The third kappa shape index (κ3) is 1.92. The molecule has 0 saturated heterocycles. The minimum absolute atomic E-state index is 0.881. The molecule has 0 atom stereocenters. The van der Waals surface area contributed by atoms with E-state index in [1.54, 1.807) is 0 Å². The van der Waals surface area contributed by atoms with Crippen LogP contribution in [0.4, 0.5) is 0 Å². The largest absolute Gasteiger partial charge is 0.303 e. The summed E-state index contributed by atoms with van der Waals surface area (Å²) in [6, 6.07) is 2.30. The highest BCUT2D eigenvalue weighted by Gasteiger charge is 2.29. The van der Waals surface area contributed by atoms with E-state index in [0.717, 1.165) is 17.8 Å². The molecule has 130 valence electrons. The van der Waals surface area contributed by atoms with Crippen LogP contribution in [-0.2, 0) is 13.5 Å². The summed E-state index contributed by atoms with van der Waals surface area (Å²) >= 11 is 1.85. The third-order valence-electron chi connectivity index (χ3n) is 5.76. The molecule has 4 heterocycles. The summed E-state index contributed by atoms with van der Waals surface area (Å²) in [5.74, 6) is 1.12. The zero-order valence-corrected chi connectivity index (χ0v) is 16.5. The molecular formula is C21H21N4S+. The Hall–Kier alpha value is -2.53. The lowest BCUT2D eigenvalue weighted by Gasteiger charge is -2.15. The molecule has 4 nitrogen and oxygen atoms in total. The second-order valence-electron chi connectivity index (χ2n) is 7.25. The summed E-state index contributed by atoms with van der Waals surface area (Å²) in [6.07, 6.45) is 6.80. The van der Waals surface area contributed by atoms with Crippen molar-refractivity contribution in [3.05, 3.63) is 57.7 Å². The van der Waals surface area contributed by atoms with Crippen LogP contribution in [0.5, 0.6) is 0 Å². The molecule has 1 aliphatic heterocycles. The molecule has 1 aromatic carbocycles. The van der Waals surface area contributed by atoms with Crippen LogP contribution in [0, 0.1) is 27.7 Å². The molecule has 0 radical (unpaired) electrons. The molecule has 5 heteroatoms. The van der Waals surface area contributed by atoms with E-state index >= 15 is 0 Å². The van der Waals surface area contributed by atoms with Gasteiger partial charge in [-0.1, -0.05) is 0 Å². The standard InChI is InChI=1S/C21H21N4S/c1-11-8-16-15(9-17-22-6-7-25(16)17)18(12(11)2)20-21-19(23-10-24(20)5)13(3)14(4)26-21/h6-8,10H,9H2,1-5H3/q+1. The number of hydrogen-bond donors (Lipinski definition) is 0. The van der Waals surface area contributed by atoms with Crippen molar-refractivity contribution in [1.82, 2.24) is 14.5 Å². The molecular weight excluding hydrogens is 340 g/mol. The number of benzene rings is 1. The second kappa shape index (κ2) is 5.24. The second-order valence-corrected chi connectivity index (χ2v) is 8.47. The zero-order valence-electron chi connectivity index (χ0n) is 15.7. The van der Waals surface area contributed by atoms with Crippen molar-refractivity contribution < 1.29 is 4.57 Å². The van der Waals surface area contributed by atoms with Gasteiger partial charge in [-0.2, -0.15) is 0 Å². The van der Waals surface area contributed by atoms with Gasteiger partial charge in [-0.3, -0.25) is 0 Å². The van der Waals surface area contributed by atoms with Gasteiger partial charge in [0.25, 0.3) is 6.33 Å². The summed E-state index contributed by atoms with van der Waals surface area (Å²) in [5, 5.41) is 0. The molecule has 0 fully saturated rings. The van der Waals surface area contributed by atoms with E-state index < -0.39 is 0 Å². The van der Waals surface area contributed by atoms with Gasteiger partial charge in [0.2, 0.25) is 5.52 Å². The van der Waals surface area contributed by atoms with Gasteiger partial charge in [-0.05, 0) is 55.4 Å². The first-order chi connectivity index (χ1) is 12.5. The minimum atomic E-state index is 0.881. The smallest absolute Gasteiger partial charge is 0.287 e. The van der Waals surface area contributed by atoms with Crippen molar-refractivity contribution in [3.8, 4) is 16.9 Å². The molecule has 1 aliphatic rings. The summed E-state index contributed by atoms with van der Waals surface area (Å²) in [4.78, 5) is 10.6. The van der Waals surface area contributed by atoms with Gasteiger partial charge in [0.05, 0.1) is 12.7 Å². The quantitative estimate of drug-likeness (QED) is 0.421. The number of imidazole rings is 1. The van der Waals surface area contributed by atoms with Crippen molar-refractivity contribution in [2.75, 3.05) is 0 Å². The lowest BCUT2D eigenvalue weighted by molar-refractivity contribution is -0.662. The first-order valence-corrected chi connectivity index (χ1v) is 9.69. The van der Waals surface area contributed by atoms with E-state index in [0.29, 0.717) is 0 Å². The Morgan fingerprint density at radius 3 is 2.73 bits per heavy atom. The Morgan fingerprint density at radius 1 is 1.12 bits per heavy atom. The molecule has 0 bridgehead atoms. The maximum absolute atomic E-state index is 4.72. The van der Waals surface area contributed by atoms with Crippen LogP contribution in [0.3, 0.4) is 0 Å². The van der Waals surface area contributed by atoms with Crippen molar-refractivity contribution in [3.63, 3.8) is 0 Å². The predicted molar refractivity (Wildman–Crippen MR) is 105 cm³/mol. The zero-order chi connectivity index (χ0) is 18.2. The van der Waals surface area contributed by atoms with Crippen LogP contribution in [0.25, 0.3) is 27.2 Å². The number of thiophene rings is 1. The topological polar surface area (TPSA) is 34.6 Å². The first kappa shape index (κ1) is 15.7. The average molecular weight is 361 g/mol.